The number of nitrogen functional groups attached to an aromatic ring is 1. The van der Waals surface area contributed by atoms with E-state index < -0.39 is 0 Å². The van der Waals surface area contributed by atoms with Crippen LogP contribution in [-0.2, 0) is 9.53 Å². The largest absolute Gasteiger partial charge is 0.462 e. The average Bonchev–Trinajstić information content (AvgIpc) is 2.40. The summed E-state index contributed by atoms with van der Waals surface area (Å²) in [5, 5.41) is 0. The first kappa shape index (κ1) is 12.7. The number of esters is 1. The van der Waals surface area contributed by atoms with Gasteiger partial charge in [0, 0.05) is 32.4 Å². The predicted molar refractivity (Wildman–Crippen MR) is 70.3 cm³/mol. The molecule has 0 aliphatic carbocycles. The molecule has 0 bridgehead atoms. The van der Waals surface area contributed by atoms with Crippen LogP contribution < -0.4 is 10.6 Å². The molecule has 5 nitrogen and oxygen atoms in total. The Morgan fingerprint density at radius 3 is 2.78 bits per heavy atom. The molecular weight excluding hydrogens is 230 g/mol. The highest BCUT2D eigenvalue weighted by atomic mass is 16.5. The van der Waals surface area contributed by atoms with Gasteiger partial charge in [-0.2, -0.15) is 0 Å². The van der Waals surface area contributed by atoms with Crippen molar-refractivity contribution in [2.45, 2.75) is 32.3 Å². The fourth-order valence-electron chi connectivity index (χ4n) is 2.06. The van der Waals surface area contributed by atoms with E-state index in [2.05, 4.69) is 9.88 Å². The zero-order valence-electron chi connectivity index (χ0n) is 10.6. The van der Waals surface area contributed by atoms with Crippen LogP contribution in [0.2, 0.25) is 0 Å². The van der Waals surface area contributed by atoms with Gasteiger partial charge in [0.05, 0.1) is 11.9 Å². The lowest BCUT2D eigenvalue weighted by Crippen LogP contribution is -2.38. The van der Waals surface area contributed by atoms with Gasteiger partial charge in [-0.1, -0.05) is 6.92 Å². The maximum atomic E-state index is 11.2. The van der Waals surface area contributed by atoms with Gasteiger partial charge in [-0.3, -0.25) is 4.79 Å². The van der Waals surface area contributed by atoms with E-state index in [0.29, 0.717) is 12.1 Å². The first-order valence-electron chi connectivity index (χ1n) is 6.35. The van der Waals surface area contributed by atoms with Gasteiger partial charge < -0.3 is 15.4 Å². The number of rotatable bonds is 3. The van der Waals surface area contributed by atoms with Crippen molar-refractivity contribution in [1.29, 1.82) is 0 Å². The van der Waals surface area contributed by atoms with Gasteiger partial charge in [-0.25, -0.2) is 4.98 Å². The predicted octanol–water partition coefficient (Wildman–Crippen LogP) is 1.59. The van der Waals surface area contributed by atoms with Gasteiger partial charge in [0.1, 0.15) is 11.9 Å². The zero-order valence-corrected chi connectivity index (χ0v) is 10.6. The van der Waals surface area contributed by atoms with Gasteiger partial charge in [0.25, 0.3) is 0 Å². The molecule has 0 aromatic carbocycles. The number of nitrogens with zero attached hydrogens (tertiary/aromatic N) is 2. The molecule has 0 spiro atoms. The standard InChI is InChI=1S/C13H19N3O2/c1-2-13(17)18-11-5-7-16(8-6-11)12-4-3-10(14)9-15-12/h3-4,9,11H,2,5-8,14H2,1H3. The van der Waals surface area contributed by atoms with Crippen LogP contribution in [0.3, 0.4) is 0 Å². The number of hydrogen-bond donors (Lipinski definition) is 1. The second kappa shape index (κ2) is 5.71. The summed E-state index contributed by atoms with van der Waals surface area (Å²) in [6, 6.07) is 3.78. The maximum absolute atomic E-state index is 11.2. The number of carbonyl (C=O) groups is 1. The molecule has 0 radical (unpaired) electrons. The monoisotopic (exact) mass is 249 g/mol. The lowest BCUT2D eigenvalue weighted by Gasteiger charge is -2.32. The Balaban J connectivity index is 1.86. The molecule has 0 unspecified atom stereocenters. The second-order valence-electron chi connectivity index (χ2n) is 4.48. The highest BCUT2D eigenvalue weighted by Crippen LogP contribution is 2.20. The van der Waals surface area contributed by atoms with Crippen LogP contribution >= 0.6 is 0 Å². The molecule has 1 fully saturated rings. The van der Waals surface area contributed by atoms with Crippen molar-refractivity contribution < 1.29 is 9.53 Å². The number of aromatic nitrogens is 1. The lowest BCUT2D eigenvalue weighted by atomic mass is 10.1. The van der Waals surface area contributed by atoms with Crippen molar-refractivity contribution in [2.75, 3.05) is 23.7 Å². The molecular formula is C13H19N3O2. The van der Waals surface area contributed by atoms with Gasteiger partial charge in [0.2, 0.25) is 0 Å². The number of nitrogens with two attached hydrogens (primary N) is 1. The smallest absolute Gasteiger partial charge is 0.305 e. The highest BCUT2D eigenvalue weighted by Gasteiger charge is 2.22. The van der Waals surface area contributed by atoms with E-state index in [1.54, 1.807) is 6.20 Å². The molecule has 1 aromatic heterocycles. The Morgan fingerprint density at radius 2 is 2.22 bits per heavy atom. The average molecular weight is 249 g/mol. The van der Waals surface area contributed by atoms with Crippen LogP contribution in [0, 0.1) is 0 Å². The summed E-state index contributed by atoms with van der Waals surface area (Å²) in [5.41, 5.74) is 6.28. The Labute approximate surface area is 107 Å². The minimum atomic E-state index is -0.112. The SMILES string of the molecule is CCC(=O)OC1CCN(c2ccc(N)cn2)CC1. The van der Waals surface area contributed by atoms with Crippen LogP contribution in [0.1, 0.15) is 26.2 Å². The molecule has 2 N–H and O–H groups in total. The minimum absolute atomic E-state index is 0.0579. The van der Waals surface area contributed by atoms with Crippen LogP contribution in [0.4, 0.5) is 11.5 Å². The molecule has 98 valence electrons. The number of carbonyl (C=O) groups excluding carboxylic acids is 1. The van der Waals surface area contributed by atoms with E-state index in [-0.39, 0.29) is 12.1 Å². The molecule has 1 aliphatic heterocycles. The van der Waals surface area contributed by atoms with Crippen molar-refractivity contribution in [3.8, 4) is 0 Å². The summed E-state index contributed by atoms with van der Waals surface area (Å²) in [4.78, 5) is 17.7. The summed E-state index contributed by atoms with van der Waals surface area (Å²) >= 11 is 0. The third kappa shape index (κ3) is 3.12. The van der Waals surface area contributed by atoms with Gasteiger partial charge in [-0.15, -0.1) is 0 Å². The normalized spacial score (nSPS) is 16.6. The third-order valence-corrected chi connectivity index (χ3v) is 3.12. The Bertz CT molecular complexity index is 397. The summed E-state index contributed by atoms with van der Waals surface area (Å²) in [6.45, 7) is 3.53. The molecule has 0 saturated carbocycles. The van der Waals surface area contributed by atoms with E-state index in [0.717, 1.165) is 31.7 Å². The van der Waals surface area contributed by atoms with Crippen molar-refractivity contribution >= 4 is 17.5 Å². The maximum Gasteiger partial charge on any atom is 0.305 e. The first-order valence-corrected chi connectivity index (χ1v) is 6.35. The molecule has 2 rings (SSSR count). The Kier molecular flexibility index (Phi) is 4.02. The third-order valence-electron chi connectivity index (χ3n) is 3.12. The molecule has 5 heteroatoms. The van der Waals surface area contributed by atoms with Crippen LogP contribution in [0.5, 0.6) is 0 Å². The molecule has 1 aromatic rings. The fraction of sp³-hybridized carbons (Fsp3) is 0.538. The molecule has 1 aliphatic rings. The number of anilines is 2. The zero-order chi connectivity index (χ0) is 13.0. The number of piperidine rings is 1. The van der Waals surface area contributed by atoms with Crippen molar-refractivity contribution in [1.82, 2.24) is 4.98 Å². The number of pyridine rings is 1. The Morgan fingerprint density at radius 1 is 1.50 bits per heavy atom. The summed E-state index contributed by atoms with van der Waals surface area (Å²) in [7, 11) is 0. The highest BCUT2D eigenvalue weighted by molar-refractivity contribution is 5.69. The Hall–Kier alpha value is -1.78. The van der Waals surface area contributed by atoms with Crippen molar-refractivity contribution in [3.05, 3.63) is 18.3 Å². The van der Waals surface area contributed by atoms with Crippen LogP contribution in [0.15, 0.2) is 18.3 Å². The topological polar surface area (TPSA) is 68.5 Å². The number of ether oxygens (including phenoxy) is 1. The minimum Gasteiger partial charge on any atom is -0.462 e. The second-order valence-corrected chi connectivity index (χ2v) is 4.48. The quantitative estimate of drug-likeness (QED) is 0.824. The molecule has 2 heterocycles. The van der Waals surface area contributed by atoms with Crippen LogP contribution in [-0.4, -0.2) is 30.1 Å². The van der Waals surface area contributed by atoms with E-state index in [1.807, 2.05) is 19.1 Å². The molecule has 1 saturated heterocycles. The van der Waals surface area contributed by atoms with Gasteiger partial charge in [-0.05, 0) is 12.1 Å². The van der Waals surface area contributed by atoms with Crippen LogP contribution in [0.25, 0.3) is 0 Å². The fourth-order valence-corrected chi connectivity index (χ4v) is 2.06. The van der Waals surface area contributed by atoms with Crippen molar-refractivity contribution in [3.63, 3.8) is 0 Å². The lowest BCUT2D eigenvalue weighted by molar-refractivity contribution is -0.149. The van der Waals surface area contributed by atoms with Crippen molar-refractivity contribution in [2.24, 2.45) is 0 Å². The number of hydrogen-bond acceptors (Lipinski definition) is 5. The summed E-state index contributed by atoms with van der Waals surface area (Å²) in [6.07, 6.45) is 3.89. The van der Waals surface area contributed by atoms with E-state index in [1.165, 1.54) is 0 Å². The van der Waals surface area contributed by atoms with E-state index in [4.69, 9.17) is 10.5 Å². The van der Waals surface area contributed by atoms with Gasteiger partial charge >= 0.3 is 5.97 Å². The van der Waals surface area contributed by atoms with Gasteiger partial charge in [0.15, 0.2) is 0 Å². The molecule has 0 amide bonds. The summed E-state index contributed by atoms with van der Waals surface area (Å²) in [5.74, 6) is 0.823. The molecule has 0 atom stereocenters. The van der Waals surface area contributed by atoms with E-state index in [9.17, 15) is 4.79 Å². The summed E-state index contributed by atoms with van der Waals surface area (Å²) < 4.78 is 5.34. The van der Waals surface area contributed by atoms with E-state index >= 15 is 0 Å². The molecule has 18 heavy (non-hydrogen) atoms. The first-order chi connectivity index (χ1) is 8.69.